The highest BCUT2D eigenvalue weighted by molar-refractivity contribution is 5.92. The number of hydrogen-bond donors (Lipinski definition) is 2. The van der Waals surface area contributed by atoms with Crippen molar-refractivity contribution in [1.82, 2.24) is 30.3 Å². The second-order valence-corrected chi connectivity index (χ2v) is 7.92. The molecule has 180 valence electrons. The third-order valence-electron chi connectivity index (χ3n) is 5.57. The van der Waals surface area contributed by atoms with Gasteiger partial charge in [-0.2, -0.15) is 13.2 Å². The van der Waals surface area contributed by atoms with Gasteiger partial charge in [-0.15, -0.1) is 5.10 Å². The molecule has 0 saturated heterocycles. The summed E-state index contributed by atoms with van der Waals surface area (Å²) < 4.78 is 41.1. The summed E-state index contributed by atoms with van der Waals surface area (Å²) in [4.78, 5) is 21.2. The van der Waals surface area contributed by atoms with Crippen molar-refractivity contribution in [2.24, 2.45) is 12.8 Å². The van der Waals surface area contributed by atoms with Gasteiger partial charge in [-0.1, -0.05) is 35.5 Å². The van der Waals surface area contributed by atoms with Crippen LogP contribution in [0.1, 0.15) is 40.1 Å². The van der Waals surface area contributed by atoms with E-state index in [2.05, 4.69) is 25.6 Å². The van der Waals surface area contributed by atoms with Crippen LogP contribution in [-0.2, 0) is 19.8 Å². The van der Waals surface area contributed by atoms with Gasteiger partial charge < -0.3 is 11.1 Å². The van der Waals surface area contributed by atoms with E-state index >= 15 is 0 Å². The Bertz CT molecular complexity index is 1350. The van der Waals surface area contributed by atoms with Crippen LogP contribution >= 0.6 is 0 Å². The third-order valence-corrected chi connectivity index (χ3v) is 5.57. The lowest BCUT2D eigenvalue weighted by atomic mass is 9.95. The summed E-state index contributed by atoms with van der Waals surface area (Å²) in [5.41, 5.74) is 8.59. The fourth-order valence-electron chi connectivity index (χ4n) is 3.63. The third kappa shape index (κ3) is 5.19. The Morgan fingerprint density at radius 3 is 2.49 bits per heavy atom. The van der Waals surface area contributed by atoms with Crippen molar-refractivity contribution in [3.8, 4) is 22.5 Å². The first-order valence-corrected chi connectivity index (χ1v) is 10.7. The molecular weight excluding hydrogens is 459 g/mol. The number of nitrogens with zero attached hydrogens (tertiary/aromatic N) is 5. The van der Waals surface area contributed by atoms with Crippen LogP contribution in [0.25, 0.3) is 22.5 Å². The minimum Gasteiger partial charge on any atom is -0.344 e. The van der Waals surface area contributed by atoms with Gasteiger partial charge in [0.25, 0.3) is 5.91 Å². The number of rotatable bonds is 6. The average Bonchev–Trinajstić information content (AvgIpc) is 3.29. The SMILES string of the molecule is C[C@@H](NC(=O)c1cncc(-c2cnnn2C)n1)c1ccc(-c2cc(C(F)(F)F)ccc2CN)cc1. The van der Waals surface area contributed by atoms with Crippen LogP contribution in [0.15, 0.2) is 61.1 Å². The predicted molar refractivity (Wildman–Crippen MR) is 123 cm³/mol. The van der Waals surface area contributed by atoms with E-state index in [1.165, 1.54) is 29.3 Å². The molecule has 8 nitrogen and oxygen atoms in total. The van der Waals surface area contributed by atoms with Crippen molar-refractivity contribution >= 4 is 5.91 Å². The van der Waals surface area contributed by atoms with Crippen LogP contribution in [0.2, 0.25) is 0 Å². The lowest BCUT2D eigenvalue weighted by Crippen LogP contribution is -2.27. The molecule has 0 saturated carbocycles. The average molecular weight is 481 g/mol. The van der Waals surface area contributed by atoms with Gasteiger partial charge >= 0.3 is 6.18 Å². The van der Waals surface area contributed by atoms with Gasteiger partial charge in [-0.25, -0.2) is 9.67 Å². The van der Waals surface area contributed by atoms with Crippen LogP contribution in [0.4, 0.5) is 13.2 Å². The summed E-state index contributed by atoms with van der Waals surface area (Å²) in [5, 5.41) is 10.5. The predicted octanol–water partition coefficient (Wildman–Crippen LogP) is 3.91. The molecule has 1 atom stereocenters. The molecule has 0 spiro atoms. The molecule has 4 rings (SSSR count). The van der Waals surface area contributed by atoms with E-state index in [1.807, 2.05) is 0 Å². The standard InChI is InChI=1S/C24H22F3N7O/c1-14(31-23(35)21-12-29-11-20(32-21)22-13-30-33-34(22)2)15-3-5-16(6-4-15)19-9-18(24(25,26)27)8-7-17(19)10-28/h3-9,11-14H,10,28H2,1-2H3,(H,31,35)/t14-/m1/s1. The maximum atomic E-state index is 13.2. The van der Waals surface area contributed by atoms with Crippen molar-refractivity contribution < 1.29 is 18.0 Å². The molecule has 2 heterocycles. The normalized spacial score (nSPS) is 12.4. The summed E-state index contributed by atoms with van der Waals surface area (Å²) in [6.07, 6.45) is -0.0497. The number of aromatic nitrogens is 5. The Hall–Kier alpha value is -4.12. The number of alkyl halides is 3. The number of nitrogens with one attached hydrogen (secondary N) is 1. The first-order valence-electron chi connectivity index (χ1n) is 10.7. The summed E-state index contributed by atoms with van der Waals surface area (Å²) in [6, 6.07) is 10.1. The van der Waals surface area contributed by atoms with E-state index in [1.54, 1.807) is 38.2 Å². The Morgan fingerprint density at radius 2 is 1.86 bits per heavy atom. The molecular formula is C24H22F3N7O. The molecule has 1 amide bonds. The molecule has 0 fully saturated rings. The first-order chi connectivity index (χ1) is 16.7. The van der Waals surface area contributed by atoms with Crippen molar-refractivity contribution in [1.29, 1.82) is 0 Å². The number of aryl methyl sites for hydroxylation is 1. The molecule has 0 radical (unpaired) electrons. The largest absolute Gasteiger partial charge is 0.416 e. The highest BCUT2D eigenvalue weighted by Gasteiger charge is 2.31. The van der Waals surface area contributed by atoms with Crippen molar-refractivity contribution in [3.63, 3.8) is 0 Å². The van der Waals surface area contributed by atoms with E-state index in [9.17, 15) is 18.0 Å². The Kier molecular flexibility index (Phi) is 6.61. The first kappa shape index (κ1) is 24.0. The molecule has 0 aliphatic carbocycles. The molecule has 0 aliphatic heterocycles. The Labute approximate surface area is 199 Å². The zero-order chi connectivity index (χ0) is 25.2. The quantitative estimate of drug-likeness (QED) is 0.432. The fraction of sp³-hybridized carbons (Fsp3) is 0.208. The maximum Gasteiger partial charge on any atom is 0.416 e. The fourth-order valence-corrected chi connectivity index (χ4v) is 3.63. The van der Waals surface area contributed by atoms with Crippen molar-refractivity contribution in [2.75, 3.05) is 0 Å². The Morgan fingerprint density at radius 1 is 1.11 bits per heavy atom. The van der Waals surface area contributed by atoms with E-state index in [-0.39, 0.29) is 12.2 Å². The maximum absolute atomic E-state index is 13.2. The number of carbonyl (C=O) groups is 1. The number of amides is 1. The van der Waals surface area contributed by atoms with E-state index in [0.29, 0.717) is 28.1 Å². The number of benzene rings is 2. The van der Waals surface area contributed by atoms with Crippen molar-refractivity contribution in [2.45, 2.75) is 25.7 Å². The summed E-state index contributed by atoms with van der Waals surface area (Å²) in [6.45, 7) is 1.90. The van der Waals surface area contributed by atoms with Gasteiger partial charge in [-0.3, -0.25) is 9.78 Å². The van der Waals surface area contributed by atoms with Gasteiger partial charge in [-0.05, 0) is 41.3 Å². The Balaban J connectivity index is 1.52. The number of carbonyl (C=O) groups excluding carboxylic acids is 1. The molecule has 4 aromatic rings. The van der Waals surface area contributed by atoms with Crippen LogP contribution in [0.3, 0.4) is 0 Å². The molecule has 0 unspecified atom stereocenters. The lowest BCUT2D eigenvalue weighted by Gasteiger charge is -2.16. The highest BCUT2D eigenvalue weighted by atomic mass is 19.4. The van der Waals surface area contributed by atoms with Crippen molar-refractivity contribution in [3.05, 3.63) is 83.4 Å². The smallest absolute Gasteiger partial charge is 0.344 e. The second kappa shape index (κ2) is 9.63. The van der Waals surface area contributed by atoms with E-state index in [0.717, 1.165) is 17.7 Å². The van der Waals surface area contributed by atoms with Gasteiger partial charge in [0, 0.05) is 13.6 Å². The zero-order valence-electron chi connectivity index (χ0n) is 18.9. The topological polar surface area (TPSA) is 112 Å². The zero-order valence-corrected chi connectivity index (χ0v) is 18.9. The van der Waals surface area contributed by atoms with Crippen LogP contribution < -0.4 is 11.1 Å². The van der Waals surface area contributed by atoms with Gasteiger partial charge in [0.05, 0.1) is 30.2 Å². The van der Waals surface area contributed by atoms with E-state index in [4.69, 9.17) is 5.73 Å². The molecule has 0 bridgehead atoms. The highest BCUT2D eigenvalue weighted by Crippen LogP contribution is 2.34. The monoisotopic (exact) mass is 481 g/mol. The number of nitrogens with two attached hydrogens (primary N) is 1. The van der Waals surface area contributed by atoms with Gasteiger partial charge in [0.15, 0.2) is 0 Å². The van der Waals surface area contributed by atoms with E-state index < -0.39 is 23.7 Å². The van der Waals surface area contributed by atoms with Crippen LogP contribution in [0.5, 0.6) is 0 Å². The molecule has 0 aliphatic rings. The number of hydrogen-bond acceptors (Lipinski definition) is 6. The van der Waals surface area contributed by atoms with Gasteiger partial charge in [0.2, 0.25) is 0 Å². The van der Waals surface area contributed by atoms with Crippen LogP contribution in [0, 0.1) is 0 Å². The summed E-state index contributed by atoms with van der Waals surface area (Å²) in [7, 11) is 1.71. The minimum atomic E-state index is -4.45. The molecule has 2 aromatic heterocycles. The molecule has 2 aromatic carbocycles. The molecule has 3 N–H and O–H groups in total. The second-order valence-electron chi connectivity index (χ2n) is 7.92. The van der Waals surface area contributed by atoms with Gasteiger partial charge in [0.1, 0.15) is 17.1 Å². The molecule has 35 heavy (non-hydrogen) atoms. The summed E-state index contributed by atoms with van der Waals surface area (Å²) >= 11 is 0. The molecule has 11 heteroatoms. The lowest BCUT2D eigenvalue weighted by molar-refractivity contribution is -0.137. The number of halogens is 3. The van der Waals surface area contributed by atoms with Crippen LogP contribution in [-0.4, -0.2) is 30.9 Å². The minimum absolute atomic E-state index is 0.108. The summed E-state index contributed by atoms with van der Waals surface area (Å²) in [5.74, 6) is -0.422.